The van der Waals surface area contributed by atoms with E-state index in [2.05, 4.69) is 12.2 Å². The van der Waals surface area contributed by atoms with Crippen LogP contribution in [0.4, 0.5) is 4.79 Å². The van der Waals surface area contributed by atoms with Gasteiger partial charge in [-0.25, -0.2) is 4.79 Å². The summed E-state index contributed by atoms with van der Waals surface area (Å²) in [5, 5.41) is 11.8. The summed E-state index contributed by atoms with van der Waals surface area (Å²) < 4.78 is 0. The van der Waals surface area contributed by atoms with Gasteiger partial charge in [0.1, 0.15) is 6.54 Å². The molecule has 0 aromatic rings. The van der Waals surface area contributed by atoms with E-state index >= 15 is 0 Å². The topological polar surface area (TPSA) is 69.6 Å². The van der Waals surface area contributed by atoms with Gasteiger partial charge in [0.15, 0.2) is 0 Å². The van der Waals surface area contributed by atoms with E-state index in [4.69, 9.17) is 5.11 Å². The first-order valence-electron chi connectivity index (χ1n) is 6.81. The Hall–Kier alpha value is -1.26. The smallest absolute Gasteiger partial charge is 0.323 e. The molecule has 1 rings (SSSR count). The third-order valence-corrected chi connectivity index (χ3v) is 3.53. The first kappa shape index (κ1) is 14.8. The Morgan fingerprint density at radius 1 is 1.33 bits per heavy atom. The Bertz CT molecular complexity index is 294. The molecule has 104 valence electrons. The molecule has 5 heteroatoms. The average molecular weight is 256 g/mol. The molecule has 0 bridgehead atoms. The van der Waals surface area contributed by atoms with Crippen LogP contribution in [0.1, 0.15) is 46.0 Å². The van der Waals surface area contributed by atoms with E-state index < -0.39 is 5.97 Å². The van der Waals surface area contributed by atoms with Crippen molar-refractivity contribution < 1.29 is 14.7 Å². The molecule has 0 aromatic carbocycles. The normalized spacial score (nSPS) is 23.4. The largest absolute Gasteiger partial charge is 0.480 e. The van der Waals surface area contributed by atoms with Crippen molar-refractivity contribution in [1.29, 1.82) is 0 Å². The van der Waals surface area contributed by atoms with E-state index in [-0.39, 0.29) is 18.6 Å². The average Bonchev–Trinajstić information content (AvgIpc) is 2.31. The van der Waals surface area contributed by atoms with Crippen LogP contribution >= 0.6 is 0 Å². The summed E-state index contributed by atoms with van der Waals surface area (Å²) in [5.41, 5.74) is 0. The third kappa shape index (κ3) is 4.55. The van der Waals surface area contributed by atoms with E-state index in [0.717, 1.165) is 25.7 Å². The number of rotatable bonds is 5. The Labute approximate surface area is 109 Å². The minimum atomic E-state index is -0.963. The second-order valence-corrected chi connectivity index (χ2v) is 5.13. The lowest BCUT2D eigenvalue weighted by Gasteiger charge is -2.31. The molecule has 2 amide bonds. The molecule has 0 radical (unpaired) electrons. The fraction of sp³-hybridized carbons (Fsp3) is 0.846. The second-order valence-electron chi connectivity index (χ2n) is 5.13. The van der Waals surface area contributed by atoms with Gasteiger partial charge in [0.2, 0.25) is 0 Å². The lowest BCUT2D eigenvalue weighted by molar-refractivity contribution is -0.137. The van der Waals surface area contributed by atoms with Crippen molar-refractivity contribution in [2.45, 2.75) is 52.0 Å². The quantitative estimate of drug-likeness (QED) is 0.791. The van der Waals surface area contributed by atoms with Crippen LogP contribution in [0, 0.1) is 5.92 Å². The first-order valence-corrected chi connectivity index (χ1v) is 6.81. The molecule has 1 aliphatic carbocycles. The predicted molar refractivity (Wildman–Crippen MR) is 69.5 cm³/mol. The molecular weight excluding hydrogens is 232 g/mol. The maximum atomic E-state index is 12.0. The molecule has 18 heavy (non-hydrogen) atoms. The summed E-state index contributed by atoms with van der Waals surface area (Å²) in [6.07, 6.45) is 5.27. The molecule has 0 aromatic heterocycles. The van der Waals surface area contributed by atoms with Crippen molar-refractivity contribution in [3.63, 3.8) is 0 Å². The van der Waals surface area contributed by atoms with Crippen molar-refractivity contribution in [1.82, 2.24) is 10.2 Å². The van der Waals surface area contributed by atoms with Crippen LogP contribution in [-0.2, 0) is 4.79 Å². The highest BCUT2D eigenvalue weighted by atomic mass is 16.4. The van der Waals surface area contributed by atoms with Crippen molar-refractivity contribution >= 4 is 12.0 Å². The van der Waals surface area contributed by atoms with Gasteiger partial charge < -0.3 is 15.3 Å². The molecule has 5 nitrogen and oxygen atoms in total. The minimum absolute atomic E-state index is 0.194. The second kappa shape index (κ2) is 7.24. The summed E-state index contributed by atoms with van der Waals surface area (Å²) >= 11 is 0. The highest BCUT2D eigenvalue weighted by Gasteiger charge is 2.25. The van der Waals surface area contributed by atoms with Gasteiger partial charge in [0, 0.05) is 12.6 Å². The van der Waals surface area contributed by atoms with Crippen LogP contribution in [0.3, 0.4) is 0 Å². The number of nitrogens with zero attached hydrogens (tertiary/aromatic N) is 1. The van der Waals surface area contributed by atoms with Gasteiger partial charge in [-0.3, -0.25) is 4.79 Å². The van der Waals surface area contributed by atoms with Crippen LogP contribution in [0.2, 0.25) is 0 Å². The summed E-state index contributed by atoms with van der Waals surface area (Å²) in [4.78, 5) is 24.1. The maximum Gasteiger partial charge on any atom is 0.323 e. The molecule has 0 heterocycles. The molecular formula is C13H24N2O3. The number of carbonyl (C=O) groups is 2. The number of nitrogens with one attached hydrogen (secondary N) is 1. The lowest BCUT2D eigenvalue weighted by Crippen LogP contribution is -2.49. The molecule has 2 N–H and O–H groups in total. The summed E-state index contributed by atoms with van der Waals surface area (Å²) in [5.74, 6) is -0.480. The van der Waals surface area contributed by atoms with Gasteiger partial charge in [0.25, 0.3) is 0 Å². The fourth-order valence-corrected chi connectivity index (χ4v) is 2.47. The summed E-state index contributed by atoms with van der Waals surface area (Å²) in [6.45, 7) is 4.34. The molecule has 1 saturated carbocycles. The highest BCUT2D eigenvalue weighted by Crippen LogP contribution is 2.23. The Balaban J connectivity index is 2.51. The zero-order valence-corrected chi connectivity index (χ0v) is 11.3. The zero-order valence-electron chi connectivity index (χ0n) is 11.3. The van der Waals surface area contributed by atoms with Gasteiger partial charge in [0.05, 0.1) is 0 Å². The summed E-state index contributed by atoms with van der Waals surface area (Å²) in [6, 6.07) is -0.0441. The van der Waals surface area contributed by atoms with Crippen LogP contribution in [-0.4, -0.2) is 41.1 Å². The van der Waals surface area contributed by atoms with Crippen molar-refractivity contribution in [2.75, 3.05) is 13.1 Å². The maximum absolute atomic E-state index is 12.0. The first-order chi connectivity index (χ1) is 8.54. The monoisotopic (exact) mass is 256 g/mol. The van der Waals surface area contributed by atoms with Gasteiger partial charge in [-0.2, -0.15) is 0 Å². The number of hydrogen-bond acceptors (Lipinski definition) is 2. The molecule has 0 saturated heterocycles. The number of carboxylic acids is 1. The number of carbonyl (C=O) groups excluding carboxylic acids is 1. The van der Waals surface area contributed by atoms with E-state index in [9.17, 15) is 9.59 Å². The number of carboxylic acid groups (broad SMARTS) is 1. The van der Waals surface area contributed by atoms with E-state index in [1.165, 1.54) is 11.3 Å². The number of urea groups is 1. The molecule has 0 spiro atoms. The Morgan fingerprint density at radius 3 is 2.56 bits per heavy atom. The van der Waals surface area contributed by atoms with E-state index in [0.29, 0.717) is 12.5 Å². The zero-order chi connectivity index (χ0) is 13.5. The van der Waals surface area contributed by atoms with Crippen molar-refractivity contribution in [2.24, 2.45) is 5.92 Å². The van der Waals surface area contributed by atoms with E-state index in [1.54, 1.807) is 0 Å². The molecule has 2 atom stereocenters. The minimum Gasteiger partial charge on any atom is -0.480 e. The predicted octanol–water partition coefficient (Wildman–Crippen LogP) is 2.07. The Morgan fingerprint density at radius 2 is 2.00 bits per heavy atom. The van der Waals surface area contributed by atoms with Crippen LogP contribution in [0.25, 0.3) is 0 Å². The van der Waals surface area contributed by atoms with Gasteiger partial charge >= 0.3 is 12.0 Å². The SMILES string of the molecule is CCCN(CC(=O)O)C(=O)NC1CCCCC1C. The third-order valence-electron chi connectivity index (χ3n) is 3.53. The number of aliphatic carboxylic acids is 1. The standard InChI is InChI=1S/C13H24N2O3/c1-3-8-15(9-12(16)17)13(18)14-11-7-5-4-6-10(11)2/h10-11H,3-9H2,1-2H3,(H,14,18)(H,16,17). The molecule has 1 fully saturated rings. The van der Waals surface area contributed by atoms with E-state index in [1.807, 2.05) is 6.92 Å². The number of amides is 2. The van der Waals surface area contributed by atoms with Crippen LogP contribution in [0.5, 0.6) is 0 Å². The fourth-order valence-electron chi connectivity index (χ4n) is 2.47. The van der Waals surface area contributed by atoms with Gasteiger partial charge in [-0.15, -0.1) is 0 Å². The highest BCUT2D eigenvalue weighted by molar-refractivity contribution is 5.80. The summed E-state index contributed by atoms with van der Waals surface area (Å²) in [7, 11) is 0. The Kier molecular flexibility index (Phi) is 5.95. The number of hydrogen-bond donors (Lipinski definition) is 2. The molecule has 0 aliphatic heterocycles. The molecule has 1 aliphatic rings. The van der Waals surface area contributed by atoms with Crippen LogP contribution in [0.15, 0.2) is 0 Å². The van der Waals surface area contributed by atoms with Crippen molar-refractivity contribution in [3.8, 4) is 0 Å². The van der Waals surface area contributed by atoms with Crippen molar-refractivity contribution in [3.05, 3.63) is 0 Å². The van der Waals surface area contributed by atoms with Gasteiger partial charge in [-0.1, -0.05) is 26.7 Å². The van der Waals surface area contributed by atoms with Gasteiger partial charge in [-0.05, 0) is 25.2 Å². The molecule has 2 unspecified atom stereocenters. The lowest BCUT2D eigenvalue weighted by atomic mass is 9.86. The van der Waals surface area contributed by atoms with Crippen LogP contribution < -0.4 is 5.32 Å².